The van der Waals surface area contributed by atoms with Crippen molar-refractivity contribution in [1.82, 2.24) is 14.7 Å². The first kappa shape index (κ1) is 24.4. The van der Waals surface area contributed by atoms with Crippen LogP contribution in [0.25, 0.3) is 0 Å². The minimum Gasteiger partial charge on any atom is -0.322 e. The third-order valence-electron chi connectivity index (χ3n) is 6.81. The Labute approximate surface area is 208 Å². The summed E-state index contributed by atoms with van der Waals surface area (Å²) in [6.45, 7) is 7.11. The van der Waals surface area contributed by atoms with Crippen LogP contribution in [0.15, 0.2) is 104 Å². The van der Waals surface area contributed by atoms with Crippen molar-refractivity contribution in [2.75, 3.05) is 7.05 Å². The molecule has 1 fully saturated rings. The Morgan fingerprint density at radius 3 is 1.89 bits per heavy atom. The van der Waals surface area contributed by atoms with Crippen LogP contribution in [0.1, 0.15) is 36.1 Å². The average molecular weight is 468 g/mol. The molecule has 3 amide bonds. The lowest BCUT2D eigenvalue weighted by molar-refractivity contribution is -0.135. The Morgan fingerprint density at radius 2 is 1.40 bits per heavy atom. The lowest BCUT2D eigenvalue weighted by atomic mass is 9.99. The van der Waals surface area contributed by atoms with E-state index < -0.39 is 6.04 Å². The van der Waals surface area contributed by atoms with Gasteiger partial charge in [-0.15, -0.1) is 6.58 Å². The Balaban J connectivity index is 1.71. The van der Waals surface area contributed by atoms with E-state index in [0.717, 1.165) is 16.7 Å². The van der Waals surface area contributed by atoms with Gasteiger partial charge in [0.25, 0.3) is 0 Å². The van der Waals surface area contributed by atoms with Crippen LogP contribution in [-0.4, -0.2) is 45.8 Å². The Bertz CT molecular complexity index is 1090. The number of likely N-dealkylation sites (N-methyl/N-ethyl adjacent to an activating group) is 1. The van der Waals surface area contributed by atoms with Gasteiger partial charge >= 0.3 is 6.03 Å². The second kappa shape index (κ2) is 11.2. The lowest BCUT2D eigenvalue weighted by Crippen LogP contribution is -2.49. The van der Waals surface area contributed by atoms with Crippen LogP contribution in [0.3, 0.4) is 0 Å². The minimum absolute atomic E-state index is 0.130. The van der Waals surface area contributed by atoms with Crippen LogP contribution < -0.4 is 0 Å². The van der Waals surface area contributed by atoms with E-state index in [-0.39, 0.29) is 24.0 Å². The predicted molar refractivity (Wildman–Crippen MR) is 139 cm³/mol. The van der Waals surface area contributed by atoms with Gasteiger partial charge in [0.05, 0.1) is 18.1 Å². The fraction of sp³-hybridized carbons (Fsp3) is 0.267. The quantitative estimate of drug-likeness (QED) is 0.382. The van der Waals surface area contributed by atoms with Gasteiger partial charge in [-0.3, -0.25) is 14.6 Å². The molecule has 0 aromatic heterocycles. The van der Waals surface area contributed by atoms with Gasteiger partial charge in [0.1, 0.15) is 0 Å². The van der Waals surface area contributed by atoms with Gasteiger partial charge in [0, 0.05) is 20.1 Å². The van der Waals surface area contributed by atoms with Crippen molar-refractivity contribution < 1.29 is 9.59 Å². The maximum Gasteiger partial charge on any atom is 0.327 e. The molecule has 3 aromatic rings. The molecule has 0 radical (unpaired) electrons. The van der Waals surface area contributed by atoms with E-state index in [1.165, 1.54) is 4.90 Å². The summed E-state index contributed by atoms with van der Waals surface area (Å²) in [6.07, 6.45) is 2.22. The number of rotatable bonds is 9. The number of carbonyl (C=O) groups is 2. The first-order chi connectivity index (χ1) is 17.0. The molecule has 0 aliphatic carbocycles. The Kier molecular flexibility index (Phi) is 7.78. The molecule has 3 atom stereocenters. The molecule has 1 saturated heterocycles. The van der Waals surface area contributed by atoms with Crippen LogP contribution in [0.5, 0.6) is 0 Å². The maximum absolute atomic E-state index is 14.2. The van der Waals surface area contributed by atoms with Gasteiger partial charge < -0.3 is 4.90 Å². The molecule has 3 aromatic carbocycles. The summed E-state index contributed by atoms with van der Waals surface area (Å²) >= 11 is 0. The summed E-state index contributed by atoms with van der Waals surface area (Å²) in [5.41, 5.74) is 3.19. The van der Waals surface area contributed by atoms with E-state index in [0.29, 0.717) is 19.5 Å². The third-order valence-corrected chi connectivity index (χ3v) is 6.81. The monoisotopic (exact) mass is 467 g/mol. The van der Waals surface area contributed by atoms with E-state index in [4.69, 9.17) is 0 Å². The minimum atomic E-state index is -0.526. The molecule has 0 N–H and O–H groups in total. The summed E-state index contributed by atoms with van der Waals surface area (Å²) in [5.74, 6) is -0.188. The number of hydrogen-bond donors (Lipinski definition) is 0. The van der Waals surface area contributed by atoms with Gasteiger partial charge in [-0.05, 0) is 30.0 Å². The summed E-state index contributed by atoms with van der Waals surface area (Å²) < 4.78 is 0. The highest BCUT2D eigenvalue weighted by Crippen LogP contribution is 2.36. The van der Waals surface area contributed by atoms with Crippen molar-refractivity contribution in [2.24, 2.45) is 0 Å². The SMILES string of the molecule is C=CC[C@@H](C(=O)N1C(=O)N(C)[C@@H](C)[C@H]1c1ccccc1)N(Cc1ccccc1)Cc1ccccc1. The molecule has 5 heteroatoms. The molecular formula is C30H33N3O2. The van der Waals surface area contributed by atoms with Crippen molar-refractivity contribution in [3.05, 3.63) is 120 Å². The zero-order valence-corrected chi connectivity index (χ0v) is 20.5. The van der Waals surface area contributed by atoms with E-state index in [9.17, 15) is 9.59 Å². The van der Waals surface area contributed by atoms with E-state index >= 15 is 0 Å². The molecule has 1 aliphatic heterocycles. The molecule has 1 aliphatic rings. The van der Waals surface area contributed by atoms with Crippen LogP contribution in [0, 0.1) is 0 Å². The number of imide groups is 1. The van der Waals surface area contributed by atoms with Crippen LogP contribution in [0.4, 0.5) is 4.79 Å². The zero-order valence-electron chi connectivity index (χ0n) is 20.5. The van der Waals surface area contributed by atoms with E-state index in [1.54, 1.807) is 18.0 Å². The average Bonchev–Trinajstić information content (AvgIpc) is 3.12. The van der Waals surface area contributed by atoms with Gasteiger partial charge in [-0.2, -0.15) is 0 Å². The Morgan fingerprint density at radius 1 is 0.914 bits per heavy atom. The number of nitrogens with zero attached hydrogens (tertiary/aromatic N) is 3. The van der Waals surface area contributed by atoms with Gasteiger partial charge in [0.2, 0.25) is 5.91 Å². The summed E-state index contributed by atoms with van der Waals surface area (Å²) in [6, 6.07) is 28.8. The molecule has 0 saturated carbocycles. The first-order valence-corrected chi connectivity index (χ1v) is 12.1. The Hall–Kier alpha value is -3.70. The van der Waals surface area contributed by atoms with Crippen LogP contribution >= 0.6 is 0 Å². The highest BCUT2D eigenvalue weighted by Gasteiger charge is 2.47. The molecule has 180 valence electrons. The standard InChI is InChI=1S/C30H33N3O2/c1-4-14-27(32(21-24-15-8-5-9-16-24)22-25-17-10-6-11-18-25)29(34)33-28(23(2)31(3)30(33)35)26-19-12-7-13-20-26/h4-13,15-20,23,27-28H,1,14,21-22H2,2-3H3/t23-,27-,28-/m0/s1. The molecule has 1 heterocycles. The van der Waals surface area contributed by atoms with Crippen molar-refractivity contribution in [2.45, 2.75) is 44.6 Å². The lowest BCUT2D eigenvalue weighted by Gasteiger charge is -2.34. The second-order valence-electron chi connectivity index (χ2n) is 9.11. The molecule has 35 heavy (non-hydrogen) atoms. The fourth-order valence-electron chi connectivity index (χ4n) is 4.84. The molecular weight excluding hydrogens is 434 g/mol. The van der Waals surface area contributed by atoms with Crippen molar-refractivity contribution >= 4 is 11.9 Å². The predicted octanol–water partition coefficient (Wildman–Crippen LogP) is 5.66. The van der Waals surface area contributed by atoms with Crippen LogP contribution in [0.2, 0.25) is 0 Å². The van der Waals surface area contributed by atoms with Gasteiger partial charge in [-0.1, -0.05) is 97.1 Å². The second-order valence-corrected chi connectivity index (χ2v) is 9.11. The maximum atomic E-state index is 14.2. The zero-order chi connectivity index (χ0) is 24.8. The highest BCUT2D eigenvalue weighted by molar-refractivity contribution is 5.99. The number of urea groups is 1. The number of benzene rings is 3. The van der Waals surface area contributed by atoms with Crippen molar-refractivity contribution in [3.8, 4) is 0 Å². The van der Waals surface area contributed by atoms with Crippen molar-refractivity contribution in [3.63, 3.8) is 0 Å². The summed E-state index contributed by atoms with van der Waals surface area (Å²) in [5, 5.41) is 0. The highest BCUT2D eigenvalue weighted by atomic mass is 16.2. The van der Waals surface area contributed by atoms with E-state index in [2.05, 4.69) is 35.7 Å². The largest absolute Gasteiger partial charge is 0.327 e. The van der Waals surface area contributed by atoms with Gasteiger partial charge in [0.15, 0.2) is 0 Å². The molecule has 4 rings (SSSR count). The smallest absolute Gasteiger partial charge is 0.322 e. The summed E-state index contributed by atoms with van der Waals surface area (Å²) in [4.78, 5) is 32.9. The third kappa shape index (κ3) is 5.36. The number of amides is 3. The van der Waals surface area contributed by atoms with Gasteiger partial charge in [-0.25, -0.2) is 4.79 Å². The molecule has 0 unspecified atom stereocenters. The fourth-order valence-corrected chi connectivity index (χ4v) is 4.84. The normalized spacial score (nSPS) is 18.7. The van der Waals surface area contributed by atoms with Crippen LogP contribution in [-0.2, 0) is 17.9 Å². The van der Waals surface area contributed by atoms with Crippen molar-refractivity contribution in [1.29, 1.82) is 0 Å². The number of carbonyl (C=O) groups excluding carboxylic acids is 2. The molecule has 0 bridgehead atoms. The molecule has 5 nitrogen and oxygen atoms in total. The molecule has 0 spiro atoms. The summed E-state index contributed by atoms with van der Waals surface area (Å²) in [7, 11) is 1.77. The number of hydrogen-bond acceptors (Lipinski definition) is 3. The first-order valence-electron chi connectivity index (χ1n) is 12.1. The topological polar surface area (TPSA) is 43.9 Å². The van der Waals surface area contributed by atoms with E-state index in [1.807, 2.05) is 73.7 Å².